The van der Waals surface area contributed by atoms with E-state index in [2.05, 4.69) is 0 Å². The van der Waals surface area contributed by atoms with Gasteiger partial charge >= 0.3 is 6.09 Å². The maximum absolute atomic E-state index is 13.5. The molecular weight excluding hydrogens is 290 g/mol. The first-order valence-corrected chi connectivity index (χ1v) is 7.39. The summed E-state index contributed by atoms with van der Waals surface area (Å²) < 4.78 is 26.6. The van der Waals surface area contributed by atoms with Crippen LogP contribution < -0.4 is 4.90 Å². The lowest BCUT2D eigenvalue weighted by molar-refractivity contribution is 0.0902. The highest BCUT2D eigenvalue weighted by Gasteiger charge is 2.36. The number of halogens is 2. The minimum Gasteiger partial charge on any atom is -0.465 e. The Kier molecular flexibility index (Phi) is 4.58. The van der Waals surface area contributed by atoms with E-state index in [4.69, 9.17) is 0 Å². The van der Waals surface area contributed by atoms with Crippen LogP contribution in [0.1, 0.15) is 27.2 Å². The van der Waals surface area contributed by atoms with E-state index in [-0.39, 0.29) is 11.5 Å². The highest BCUT2D eigenvalue weighted by atomic mass is 19.2. The quantitative estimate of drug-likeness (QED) is 0.862. The molecule has 1 amide bonds. The number of amides is 1. The third-order valence-electron chi connectivity index (χ3n) is 4.11. The molecule has 0 saturated carbocycles. The van der Waals surface area contributed by atoms with E-state index < -0.39 is 17.7 Å². The molecule has 1 aliphatic rings. The molecule has 1 saturated heterocycles. The molecule has 6 heteroatoms. The summed E-state index contributed by atoms with van der Waals surface area (Å²) in [5, 5.41) is 9.43. The first kappa shape index (κ1) is 16.5. The van der Waals surface area contributed by atoms with Gasteiger partial charge in [0, 0.05) is 31.4 Å². The number of hydrogen-bond acceptors (Lipinski definition) is 2. The summed E-state index contributed by atoms with van der Waals surface area (Å²) in [6, 6.07) is 3.59. The molecule has 1 aliphatic heterocycles. The van der Waals surface area contributed by atoms with Crippen molar-refractivity contribution in [3.05, 3.63) is 29.8 Å². The zero-order chi connectivity index (χ0) is 16.5. The fourth-order valence-corrected chi connectivity index (χ4v) is 2.87. The van der Waals surface area contributed by atoms with Crippen LogP contribution in [0.3, 0.4) is 0 Å². The lowest BCUT2D eigenvalue weighted by Crippen LogP contribution is -2.51. The van der Waals surface area contributed by atoms with Gasteiger partial charge in [-0.2, -0.15) is 0 Å². The molecule has 1 unspecified atom stereocenters. The van der Waals surface area contributed by atoms with E-state index >= 15 is 0 Å². The van der Waals surface area contributed by atoms with Crippen LogP contribution in [-0.4, -0.2) is 41.8 Å². The van der Waals surface area contributed by atoms with Crippen molar-refractivity contribution in [2.45, 2.75) is 33.2 Å². The van der Waals surface area contributed by atoms with Crippen molar-refractivity contribution < 1.29 is 18.7 Å². The zero-order valence-electron chi connectivity index (χ0n) is 13.1. The fraction of sp³-hybridized carbons (Fsp3) is 0.562. The molecule has 1 aromatic carbocycles. The Morgan fingerprint density at radius 3 is 2.45 bits per heavy atom. The van der Waals surface area contributed by atoms with E-state index in [0.717, 1.165) is 6.07 Å². The zero-order valence-corrected chi connectivity index (χ0v) is 13.1. The van der Waals surface area contributed by atoms with E-state index in [9.17, 15) is 18.7 Å². The molecule has 22 heavy (non-hydrogen) atoms. The second kappa shape index (κ2) is 6.10. The molecule has 0 aromatic heterocycles. The van der Waals surface area contributed by atoms with Crippen molar-refractivity contribution in [3.8, 4) is 0 Å². The van der Waals surface area contributed by atoms with Gasteiger partial charge in [-0.3, -0.25) is 0 Å². The van der Waals surface area contributed by atoms with Gasteiger partial charge in [-0.25, -0.2) is 13.6 Å². The van der Waals surface area contributed by atoms with Crippen molar-refractivity contribution >= 4 is 11.8 Å². The van der Waals surface area contributed by atoms with Gasteiger partial charge in [0.2, 0.25) is 0 Å². The van der Waals surface area contributed by atoms with Crippen LogP contribution in [0.2, 0.25) is 0 Å². The summed E-state index contributed by atoms with van der Waals surface area (Å²) in [6.07, 6.45) is -0.287. The molecule has 0 aliphatic carbocycles. The Morgan fingerprint density at radius 2 is 1.91 bits per heavy atom. The van der Waals surface area contributed by atoms with Crippen molar-refractivity contribution in [3.63, 3.8) is 0 Å². The molecule has 1 aromatic rings. The van der Waals surface area contributed by atoms with Crippen LogP contribution >= 0.6 is 0 Å². The largest absolute Gasteiger partial charge is 0.465 e. The molecule has 0 spiro atoms. The third-order valence-corrected chi connectivity index (χ3v) is 4.11. The topological polar surface area (TPSA) is 43.8 Å². The lowest BCUT2D eigenvalue weighted by Gasteiger charge is -2.39. The molecule has 1 fully saturated rings. The van der Waals surface area contributed by atoms with E-state index in [1.807, 2.05) is 25.7 Å². The maximum atomic E-state index is 13.5. The Balaban J connectivity index is 2.31. The number of hydrogen-bond donors (Lipinski definition) is 1. The van der Waals surface area contributed by atoms with E-state index in [1.54, 1.807) is 0 Å². The summed E-state index contributed by atoms with van der Waals surface area (Å²) >= 11 is 0. The van der Waals surface area contributed by atoms with Crippen molar-refractivity contribution in [2.75, 3.05) is 24.5 Å². The summed E-state index contributed by atoms with van der Waals surface area (Å²) in [4.78, 5) is 14.9. The Labute approximate surface area is 129 Å². The molecule has 0 radical (unpaired) electrons. The second-order valence-corrected chi connectivity index (χ2v) is 6.76. The van der Waals surface area contributed by atoms with Gasteiger partial charge in [0.1, 0.15) is 0 Å². The normalized spacial score (nSPS) is 20.0. The SMILES string of the molecule is CC(C)(C)C1CN(c2ccc(F)c(F)c2)CCCN1C(=O)O. The van der Waals surface area contributed by atoms with Crippen LogP contribution in [0.5, 0.6) is 0 Å². The Bertz CT molecular complexity index is 558. The van der Waals surface area contributed by atoms with Crippen LogP contribution in [0.25, 0.3) is 0 Å². The fourth-order valence-electron chi connectivity index (χ4n) is 2.87. The van der Waals surface area contributed by atoms with E-state index in [0.29, 0.717) is 31.7 Å². The van der Waals surface area contributed by atoms with Crippen LogP contribution in [0.4, 0.5) is 19.3 Å². The molecule has 1 N–H and O–H groups in total. The Morgan fingerprint density at radius 1 is 1.23 bits per heavy atom. The van der Waals surface area contributed by atoms with Crippen molar-refractivity contribution in [1.82, 2.24) is 4.90 Å². The lowest BCUT2D eigenvalue weighted by atomic mass is 9.85. The standard InChI is InChI=1S/C16H22F2N2O2/c1-16(2,3)14-10-19(7-4-8-20(14)15(21)22)11-5-6-12(17)13(18)9-11/h5-6,9,14H,4,7-8,10H2,1-3H3,(H,21,22). The van der Waals surface area contributed by atoms with E-state index in [1.165, 1.54) is 17.0 Å². The first-order valence-electron chi connectivity index (χ1n) is 7.39. The van der Waals surface area contributed by atoms with Crippen molar-refractivity contribution in [1.29, 1.82) is 0 Å². The van der Waals surface area contributed by atoms with Gasteiger partial charge in [-0.1, -0.05) is 20.8 Å². The number of carboxylic acid groups (broad SMARTS) is 1. The number of carbonyl (C=O) groups is 1. The molecule has 4 nitrogen and oxygen atoms in total. The average Bonchev–Trinajstić information content (AvgIpc) is 2.64. The molecule has 2 rings (SSSR count). The monoisotopic (exact) mass is 312 g/mol. The average molecular weight is 312 g/mol. The minimum absolute atomic E-state index is 0.222. The summed E-state index contributed by atoms with van der Waals surface area (Å²) in [6.45, 7) is 7.48. The summed E-state index contributed by atoms with van der Waals surface area (Å²) in [7, 11) is 0. The predicted octanol–water partition coefficient (Wildman–Crippen LogP) is 3.57. The molecule has 122 valence electrons. The first-order chi connectivity index (χ1) is 10.2. The maximum Gasteiger partial charge on any atom is 0.407 e. The number of nitrogens with zero attached hydrogens (tertiary/aromatic N) is 2. The van der Waals surface area contributed by atoms with Crippen LogP contribution in [0.15, 0.2) is 18.2 Å². The van der Waals surface area contributed by atoms with Crippen LogP contribution in [-0.2, 0) is 0 Å². The van der Waals surface area contributed by atoms with Gasteiger partial charge in [0.25, 0.3) is 0 Å². The smallest absolute Gasteiger partial charge is 0.407 e. The third kappa shape index (κ3) is 3.48. The van der Waals surface area contributed by atoms with Crippen molar-refractivity contribution in [2.24, 2.45) is 5.41 Å². The van der Waals surface area contributed by atoms with Crippen LogP contribution in [0, 0.1) is 17.0 Å². The summed E-state index contributed by atoms with van der Waals surface area (Å²) in [5.41, 5.74) is 0.333. The van der Waals surface area contributed by atoms with Gasteiger partial charge in [-0.05, 0) is 24.0 Å². The van der Waals surface area contributed by atoms with Gasteiger partial charge in [-0.15, -0.1) is 0 Å². The summed E-state index contributed by atoms with van der Waals surface area (Å²) in [5.74, 6) is -1.76. The van der Waals surface area contributed by atoms with Gasteiger partial charge in [0.05, 0.1) is 6.04 Å². The molecule has 1 heterocycles. The molecule has 0 bridgehead atoms. The minimum atomic E-state index is -0.938. The highest BCUT2D eigenvalue weighted by molar-refractivity contribution is 5.66. The van der Waals surface area contributed by atoms with Gasteiger partial charge < -0.3 is 14.9 Å². The molecule has 1 atom stereocenters. The number of rotatable bonds is 1. The number of benzene rings is 1. The highest BCUT2D eigenvalue weighted by Crippen LogP contribution is 2.30. The number of anilines is 1. The molecular formula is C16H22F2N2O2. The second-order valence-electron chi connectivity index (χ2n) is 6.76. The predicted molar refractivity (Wildman–Crippen MR) is 81.2 cm³/mol. The van der Waals surface area contributed by atoms with Gasteiger partial charge in [0.15, 0.2) is 11.6 Å². The Hall–Kier alpha value is -1.85.